The van der Waals surface area contributed by atoms with Crippen LogP contribution in [-0.4, -0.2) is 64.7 Å². The maximum atomic E-state index is 13.9. The lowest BCUT2D eigenvalue weighted by molar-refractivity contribution is -0.132. The van der Waals surface area contributed by atoms with E-state index in [0.717, 1.165) is 40.8 Å². The number of hydrogen-bond donors (Lipinski definition) is 1. The molecule has 8 nitrogen and oxygen atoms in total. The summed E-state index contributed by atoms with van der Waals surface area (Å²) in [5.74, 6) is 0.871. The molecule has 2 aliphatic rings. The molecular weight excluding hydrogens is 516 g/mol. The molecule has 2 aromatic carbocycles. The predicted molar refractivity (Wildman–Crippen MR) is 160 cm³/mol. The van der Waals surface area contributed by atoms with E-state index in [4.69, 9.17) is 4.74 Å². The van der Waals surface area contributed by atoms with Gasteiger partial charge in [-0.2, -0.15) is 4.98 Å². The number of nitrogens with zero attached hydrogens (tertiary/aromatic N) is 4. The van der Waals surface area contributed by atoms with Crippen molar-refractivity contribution in [2.45, 2.75) is 44.6 Å². The molecule has 1 N–H and O–H groups in total. The first kappa shape index (κ1) is 26.9. The van der Waals surface area contributed by atoms with Gasteiger partial charge in [0.1, 0.15) is 12.4 Å². The van der Waals surface area contributed by atoms with Gasteiger partial charge in [0, 0.05) is 37.6 Å². The number of carboxylic acids is 1. The van der Waals surface area contributed by atoms with Gasteiger partial charge in [0.25, 0.3) is 0 Å². The number of ether oxygens (including phenoxy) is 1. The summed E-state index contributed by atoms with van der Waals surface area (Å²) < 4.78 is 7.36. The van der Waals surface area contributed by atoms with Crippen LogP contribution >= 0.6 is 0 Å². The zero-order valence-corrected chi connectivity index (χ0v) is 23.5. The number of rotatable bonds is 7. The van der Waals surface area contributed by atoms with Crippen LogP contribution in [0.1, 0.15) is 53.9 Å². The molecule has 6 rings (SSSR count). The van der Waals surface area contributed by atoms with Crippen molar-refractivity contribution in [1.29, 1.82) is 0 Å². The highest BCUT2D eigenvalue weighted by Crippen LogP contribution is 2.44. The van der Waals surface area contributed by atoms with E-state index < -0.39 is 5.97 Å². The van der Waals surface area contributed by atoms with Gasteiger partial charge in [-0.15, -0.1) is 0 Å². The Morgan fingerprint density at radius 3 is 2.39 bits per heavy atom. The second kappa shape index (κ2) is 11.6. The zero-order valence-electron chi connectivity index (χ0n) is 23.5. The van der Waals surface area contributed by atoms with Gasteiger partial charge in [0.15, 0.2) is 0 Å². The molecule has 1 aliphatic carbocycles. The minimum absolute atomic E-state index is 0.0354. The van der Waals surface area contributed by atoms with Crippen molar-refractivity contribution in [2.75, 3.05) is 38.2 Å². The third-order valence-corrected chi connectivity index (χ3v) is 8.58. The summed E-state index contributed by atoms with van der Waals surface area (Å²) in [5, 5.41) is 10.9. The average molecular weight is 553 g/mol. The predicted octanol–water partition coefficient (Wildman–Crippen LogP) is 5.81. The smallest absolute Gasteiger partial charge is 0.335 e. The Labute approximate surface area is 240 Å². The molecule has 0 atom stereocenters. The maximum absolute atomic E-state index is 13.9. The van der Waals surface area contributed by atoms with Crippen LogP contribution in [0.2, 0.25) is 0 Å². The van der Waals surface area contributed by atoms with Crippen LogP contribution in [0.5, 0.6) is 5.88 Å². The molecule has 3 heterocycles. The van der Waals surface area contributed by atoms with E-state index in [1.165, 1.54) is 24.8 Å². The van der Waals surface area contributed by atoms with Crippen LogP contribution < -0.4 is 9.64 Å². The van der Waals surface area contributed by atoms with Crippen molar-refractivity contribution in [3.05, 3.63) is 77.9 Å². The van der Waals surface area contributed by atoms with E-state index in [1.807, 2.05) is 47.4 Å². The molecule has 8 heteroatoms. The number of benzene rings is 2. The van der Waals surface area contributed by atoms with Gasteiger partial charge in [-0.25, -0.2) is 4.79 Å². The lowest BCUT2D eigenvalue weighted by Crippen LogP contribution is -2.49. The van der Waals surface area contributed by atoms with Crippen LogP contribution in [0.25, 0.3) is 22.2 Å². The molecule has 0 spiro atoms. The molecule has 2 aromatic heterocycles. The van der Waals surface area contributed by atoms with Crippen molar-refractivity contribution < 1.29 is 19.4 Å². The molecule has 0 unspecified atom stereocenters. The Morgan fingerprint density at radius 1 is 0.927 bits per heavy atom. The van der Waals surface area contributed by atoms with E-state index >= 15 is 0 Å². The van der Waals surface area contributed by atoms with Crippen molar-refractivity contribution in [1.82, 2.24) is 14.5 Å². The number of piperazine rings is 1. The molecule has 0 radical (unpaired) electrons. The van der Waals surface area contributed by atoms with Crippen LogP contribution in [0.3, 0.4) is 0 Å². The van der Waals surface area contributed by atoms with Crippen LogP contribution in [0.4, 0.5) is 5.82 Å². The summed E-state index contributed by atoms with van der Waals surface area (Å²) in [6.07, 6.45) is 5.82. The van der Waals surface area contributed by atoms with Gasteiger partial charge in [-0.05, 0) is 48.1 Å². The number of hydrogen-bond acceptors (Lipinski definition) is 5. The Bertz CT molecular complexity index is 1550. The van der Waals surface area contributed by atoms with E-state index in [2.05, 4.69) is 26.6 Å². The van der Waals surface area contributed by atoms with Crippen molar-refractivity contribution >= 4 is 28.6 Å². The molecule has 212 valence electrons. The maximum Gasteiger partial charge on any atom is 0.335 e. The van der Waals surface area contributed by atoms with Crippen LogP contribution in [-0.2, 0) is 11.3 Å². The third kappa shape index (κ3) is 5.38. The fourth-order valence-electron chi connectivity index (χ4n) is 6.50. The van der Waals surface area contributed by atoms with E-state index in [-0.39, 0.29) is 18.0 Å². The summed E-state index contributed by atoms with van der Waals surface area (Å²) in [7, 11) is 1.61. The zero-order chi connectivity index (χ0) is 28.3. The van der Waals surface area contributed by atoms with Crippen molar-refractivity contribution in [3.8, 4) is 17.1 Å². The standard InChI is InChI=1S/C33H36N4O4/c1-41-29-14-8-13-28(34-29)35-17-19-36(20-18-35)30(38)22-37-27-21-25(33(39)40)15-16-26(27)31(23-9-4-2-5-10-23)32(37)24-11-6-3-7-12-24/h3,6-8,11-16,21,23H,2,4-5,9-10,17-20,22H2,1H3,(H,39,40). The number of carbonyl (C=O) groups excluding carboxylic acids is 1. The number of fused-ring (bicyclic) bond motifs is 1. The van der Waals surface area contributed by atoms with Crippen molar-refractivity contribution in [3.63, 3.8) is 0 Å². The molecule has 41 heavy (non-hydrogen) atoms. The minimum Gasteiger partial charge on any atom is -0.481 e. The van der Waals surface area contributed by atoms with Crippen LogP contribution in [0, 0.1) is 0 Å². The molecule has 1 saturated heterocycles. The first-order valence-corrected chi connectivity index (χ1v) is 14.5. The highest BCUT2D eigenvalue weighted by Gasteiger charge is 2.29. The number of amides is 1. The highest BCUT2D eigenvalue weighted by molar-refractivity contribution is 5.99. The average Bonchev–Trinajstić information content (AvgIpc) is 3.35. The van der Waals surface area contributed by atoms with Crippen molar-refractivity contribution in [2.24, 2.45) is 0 Å². The number of methoxy groups -OCH3 is 1. The van der Waals surface area contributed by atoms with E-state index in [9.17, 15) is 14.7 Å². The van der Waals surface area contributed by atoms with Gasteiger partial charge in [0.05, 0.1) is 23.9 Å². The van der Waals surface area contributed by atoms with Gasteiger partial charge in [-0.1, -0.05) is 61.7 Å². The Morgan fingerprint density at radius 2 is 1.68 bits per heavy atom. The van der Waals surface area contributed by atoms with Gasteiger partial charge >= 0.3 is 5.97 Å². The van der Waals surface area contributed by atoms with Gasteiger partial charge in [0.2, 0.25) is 11.8 Å². The first-order valence-electron chi connectivity index (χ1n) is 14.5. The van der Waals surface area contributed by atoms with Gasteiger partial charge < -0.3 is 24.2 Å². The second-order valence-corrected chi connectivity index (χ2v) is 11.0. The Hall–Kier alpha value is -4.33. The number of carbonyl (C=O) groups is 2. The fraction of sp³-hybridized carbons (Fsp3) is 0.364. The van der Waals surface area contributed by atoms with Crippen LogP contribution in [0.15, 0.2) is 66.7 Å². The highest BCUT2D eigenvalue weighted by atomic mass is 16.5. The molecule has 0 bridgehead atoms. The summed E-state index contributed by atoms with van der Waals surface area (Å²) >= 11 is 0. The molecule has 1 aliphatic heterocycles. The topological polar surface area (TPSA) is 87.9 Å². The lowest BCUT2D eigenvalue weighted by Gasteiger charge is -2.35. The summed E-state index contributed by atoms with van der Waals surface area (Å²) in [6, 6.07) is 21.4. The second-order valence-electron chi connectivity index (χ2n) is 11.0. The molecule has 2 fully saturated rings. The molecule has 4 aromatic rings. The first-order chi connectivity index (χ1) is 20.0. The summed E-state index contributed by atoms with van der Waals surface area (Å²) in [4.78, 5) is 34.5. The SMILES string of the molecule is COc1cccc(N2CCN(C(=O)Cn3c(-c4ccccc4)c(C4CCCCC4)c4ccc(C(=O)O)cc43)CC2)n1. The Balaban J connectivity index is 1.35. The number of pyridine rings is 1. The summed E-state index contributed by atoms with van der Waals surface area (Å²) in [6.45, 7) is 2.70. The molecular formula is C33H36N4O4. The largest absolute Gasteiger partial charge is 0.481 e. The number of carboxylic acid groups (broad SMARTS) is 1. The number of aromatic carboxylic acids is 1. The minimum atomic E-state index is -0.964. The van der Waals surface area contributed by atoms with E-state index in [0.29, 0.717) is 38.0 Å². The fourth-order valence-corrected chi connectivity index (χ4v) is 6.50. The summed E-state index contributed by atoms with van der Waals surface area (Å²) in [5.41, 5.74) is 4.41. The monoisotopic (exact) mass is 552 g/mol. The molecule has 1 amide bonds. The molecule has 1 saturated carbocycles. The number of anilines is 1. The Kier molecular flexibility index (Phi) is 7.63. The quantitative estimate of drug-likeness (QED) is 0.312. The normalized spacial score (nSPS) is 16.2. The third-order valence-electron chi connectivity index (χ3n) is 8.58. The number of aromatic nitrogens is 2. The van der Waals surface area contributed by atoms with E-state index in [1.54, 1.807) is 19.2 Å². The lowest BCUT2D eigenvalue weighted by atomic mass is 9.82. The van der Waals surface area contributed by atoms with Gasteiger partial charge in [-0.3, -0.25) is 4.79 Å².